The lowest BCUT2D eigenvalue weighted by Gasteiger charge is -2.09. The van der Waals surface area contributed by atoms with Crippen molar-refractivity contribution >= 4 is 6.09 Å². The maximum absolute atomic E-state index is 11.2. The average Bonchev–Trinajstić information content (AvgIpc) is 2.37. The number of rotatable bonds is 6. The normalized spacial score (nSPS) is 11.9. The fourth-order valence-electron chi connectivity index (χ4n) is 1.20. The topological polar surface area (TPSA) is 78.8 Å². The van der Waals surface area contributed by atoms with Crippen molar-refractivity contribution in [2.45, 2.75) is 19.1 Å². The predicted octanol–water partition coefficient (Wildman–Crippen LogP) is 0.656. The van der Waals surface area contributed by atoms with Crippen LogP contribution >= 0.6 is 0 Å². The lowest BCUT2D eigenvalue weighted by molar-refractivity contribution is 0.0639. The Labute approximate surface area is 100 Å². The van der Waals surface area contributed by atoms with Gasteiger partial charge in [0, 0.05) is 13.0 Å². The molecule has 0 saturated heterocycles. The summed E-state index contributed by atoms with van der Waals surface area (Å²) in [5.74, 6) is 0. The number of benzene rings is 1. The molecule has 1 amide bonds. The van der Waals surface area contributed by atoms with Gasteiger partial charge in [0.25, 0.3) is 0 Å². The molecule has 0 aliphatic heterocycles. The quantitative estimate of drug-likeness (QED) is 0.681. The van der Waals surface area contributed by atoms with Crippen molar-refractivity contribution in [3.8, 4) is 0 Å². The Bertz CT molecular complexity index is 329. The Morgan fingerprint density at radius 1 is 1.35 bits per heavy atom. The number of carbonyl (C=O) groups excluding carboxylic acids is 1. The van der Waals surface area contributed by atoms with Gasteiger partial charge in [-0.3, -0.25) is 0 Å². The highest BCUT2D eigenvalue weighted by Gasteiger charge is 2.05. The summed E-state index contributed by atoms with van der Waals surface area (Å²) in [4.78, 5) is 11.2. The largest absolute Gasteiger partial charge is 0.449 e. The lowest BCUT2D eigenvalue weighted by atomic mass is 10.2. The molecular formula is C12H17NO4. The van der Waals surface area contributed by atoms with E-state index in [0.29, 0.717) is 6.54 Å². The van der Waals surface area contributed by atoms with Gasteiger partial charge < -0.3 is 20.3 Å². The van der Waals surface area contributed by atoms with Crippen LogP contribution in [0.25, 0.3) is 0 Å². The van der Waals surface area contributed by atoms with Crippen LogP contribution < -0.4 is 5.32 Å². The van der Waals surface area contributed by atoms with Gasteiger partial charge in [-0.1, -0.05) is 30.3 Å². The summed E-state index contributed by atoms with van der Waals surface area (Å²) >= 11 is 0. The number of carbonyl (C=O) groups is 1. The van der Waals surface area contributed by atoms with E-state index in [1.807, 2.05) is 30.3 Å². The van der Waals surface area contributed by atoms with Crippen LogP contribution in [0.1, 0.15) is 12.0 Å². The number of aliphatic hydroxyl groups excluding tert-OH is 2. The third-order valence-electron chi connectivity index (χ3n) is 2.17. The van der Waals surface area contributed by atoms with E-state index in [0.717, 1.165) is 5.56 Å². The van der Waals surface area contributed by atoms with E-state index < -0.39 is 12.2 Å². The van der Waals surface area contributed by atoms with E-state index in [1.165, 1.54) is 0 Å². The van der Waals surface area contributed by atoms with Gasteiger partial charge in [0.05, 0.1) is 19.3 Å². The van der Waals surface area contributed by atoms with Crippen LogP contribution in [0.2, 0.25) is 0 Å². The van der Waals surface area contributed by atoms with Crippen LogP contribution in [0.5, 0.6) is 0 Å². The molecule has 0 aliphatic carbocycles. The number of aliphatic hydroxyl groups is 2. The first-order valence-corrected chi connectivity index (χ1v) is 5.46. The molecule has 0 saturated carbocycles. The minimum atomic E-state index is -0.836. The highest BCUT2D eigenvalue weighted by molar-refractivity contribution is 5.67. The summed E-state index contributed by atoms with van der Waals surface area (Å²) in [5, 5.41) is 20.1. The van der Waals surface area contributed by atoms with Crippen molar-refractivity contribution in [1.82, 2.24) is 5.32 Å². The van der Waals surface area contributed by atoms with E-state index in [-0.39, 0.29) is 19.6 Å². The molecule has 0 fully saturated rings. The van der Waals surface area contributed by atoms with Gasteiger partial charge in [-0.05, 0) is 5.56 Å². The Morgan fingerprint density at radius 2 is 2.06 bits per heavy atom. The first kappa shape index (κ1) is 13.5. The van der Waals surface area contributed by atoms with Crippen molar-refractivity contribution in [3.63, 3.8) is 0 Å². The van der Waals surface area contributed by atoms with Gasteiger partial charge in [-0.15, -0.1) is 0 Å². The van der Waals surface area contributed by atoms with Gasteiger partial charge in [-0.2, -0.15) is 0 Å². The number of alkyl carbamates (subject to hydrolysis) is 1. The highest BCUT2D eigenvalue weighted by atomic mass is 16.5. The van der Waals surface area contributed by atoms with Crippen molar-refractivity contribution in [3.05, 3.63) is 35.9 Å². The van der Waals surface area contributed by atoms with Crippen LogP contribution in [0, 0.1) is 0 Å². The predicted molar refractivity (Wildman–Crippen MR) is 62.3 cm³/mol. The lowest BCUT2D eigenvalue weighted by Crippen LogP contribution is -2.25. The molecule has 5 nitrogen and oxygen atoms in total. The fraction of sp³-hybridized carbons (Fsp3) is 0.417. The molecule has 5 heteroatoms. The first-order chi connectivity index (χ1) is 8.22. The number of hydrogen-bond donors (Lipinski definition) is 3. The number of ether oxygens (including phenoxy) is 1. The second-order valence-electron chi connectivity index (χ2n) is 3.60. The van der Waals surface area contributed by atoms with Crippen LogP contribution in [0.15, 0.2) is 30.3 Å². The maximum atomic E-state index is 11.2. The SMILES string of the molecule is O=C(NCc1ccccc1)OCCC(O)CO. The molecule has 1 aromatic rings. The first-order valence-electron chi connectivity index (χ1n) is 5.46. The molecule has 17 heavy (non-hydrogen) atoms. The second-order valence-corrected chi connectivity index (χ2v) is 3.60. The summed E-state index contributed by atoms with van der Waals surface area (Å²) in [6, 6.07) is 9.48. The summed E-state index contributed by atoms with van der Waals surface area (Å²) in [6.45, 7) is 0.166. The molecule has 1 atom stereocenters. The molecule has 1 aromatic carbocycles. The molecule has 1 rings (SSSR count). The molecule has 0 aromatic heterocycles. The van der Waals surface area contributed by atoms with Gasteiger partial charge in [0.1, 0.15) is 0 Å². The van der Waals surface area contributed by atoms with E-state index in [2.05, 4.69) is 5.32 Å². The van der Waals surface area contributed by atoms with Crippen LogP contribution in [-0.4, -0.2) is 35.6 Å². The van der Waals surface area contributed by atoms with Gasteiger partial charge in [0.15, 0.2) is 0 Å². The van der Waals surface area contributed by atoms with Crippen molar-refractivity contribution < 1.29 is 19.7 Å². The molecule has 1 unspecified atom stereocenters. The Hall–Kier alpha value is -1.59. The zero-order chi connectivity index (χ0) is 12.5. The van der Waals surface area contributed by atoms with E-state index in [9.17, 15) is 4.79 Å². The molecule has 0 spiro atoms. The smallest absolute Gasteiger partial charge is 0.407 e. The van der Waals surface area contributed by atoms with E-state index in [4.69, 9.17) is 14.9 Å². The fourth-order valence-corrected chi connectivity index (χ4v) is 1.20. The van der Waals surface area contributed by atoms with Gasteiger partial charge in [0.2, 0.25) is 0 Å². The number of nitrogens with one attached hydrogen (secondary N) is 1. The second kappa shape index (κ2) is 7.65. The van der Waals surface area contributed by atoms with Crippen LogP contribution in [0.4, 0.5) is 4.79 Å². The maximum Gasteiger partial charge on any atom is 0.407 e. The molecule has 94 valence electrons. The van der Waals surface area contributed by atoms with E-state index >= 15 is 0 Å². The van der Waals surface area contributed by atoms with E-state index in [1.54, 1.807) is 0 Å². The number of hydrogen-bond acceptors (Lipinski definition) is 4. The molecule has 0 heterocycles. The standard InChI is InChI=1S/C12H17NO4/c14-9-11(15)6-7-17-12(16)13-8-10-4-2-1-3-5-10/h1-5,11,14-15H,6-9H2,(H,13,16). The number of amides is 1. The third kappa shape index (κ3) is 5.89. The van der Waals surface area contributed by atoms with Crippen LogP contribution in [0.3, 0.4) is 0 Å². The van der Waals surface area contributed by atoms with Crippen molar-refractivity contribution in [1.29, 1.82) is 0 Å². The van der Waals surface area contributed by atoms with Gasteiger partial charge in [-0.25, -0.2) is 4.79 Å². The summed E-state index contributed by atoms with van der Waals surface area (Å²) in [5.41, 5.74) is 0.986. The highest BCUT2D eigenvalue weighted by Crippen LogP contribution is 1.97. The zero-order valence-electron chi connectivity index (χ0n) is 9.50. The minimum absolute atomic E-state index is 0.0857. The molecule has 0 bridgehead atoms. The third-order valence-corrected chi connectivity index (χ3v) is 2.17. The molecule has 0 aliphatic rings. The summed E-state index contributed by atoms with van der Waals surface area (Å²) < 4.78 is 4.82. The Balaban J connectivity index is 2.13. The molecule has 0 radical (unpaired) electrons. The molecular weight excluding hydrogens is 222 g/mol. The van der Waals surface area contributed by atoms with Gasteiger partial charge >= 0.3 is 6.09 Å². The van der Waals surface area contributed by atoms with Crippen LogP contribution in [-0.2, 0) is 11.3 Å². The summed E-state index contributed by atoms with van der Waals surface area (Å²) in [7, 11) is 0. The zero-order valence-corrected chi connectivity index (χ0v) is 9.50. The minimum Gasteiger partial charge on any atom is -0.449 e. The Morgan fingerprint density at radius 3 is 2.71 bits per heavy atom. The van der Waals surface area contributed by atoms with Crippen molar-refractivity contribution in [2.24, 2.45) is 0 Å². The monoisotopic (exact) mass is 239 g/mol. The van der Waals surface area contributed by atoms with Crippen molar-refractivity contribution in [2.75, 3.05) is 13.2 Å². The molecule has 3 N–H and O–H groups in total. The average molecular weight is 239 g/mol. The summed E-state index contributed by atoms with van der Waals surface area (Å²) in [6.07, 6.45) is -1.13. The Kier molecular flexibility index (Phi) is 6.06.